The lowest BCUT2D eigenvalue weighted by molar-refractivity contribution is -0.143. The standard InChI is InChI=1S/C13H17NO4S/c1-10(15)3-2-7-18-12(16)4-6-14-13(17)11-5-8-19-9-11/h5,8-9H,2-4,6-7H2,1H3,(H,14,17). The van der Waals surface area contributed by atoms with E-state index in [0.717, 1.165) is 0 Å². The van der Waals surface area contributed by atoms with E-state index in [1.165, 1.54) is 18.3 Å². The maximum Gasteiger partial charge on any atom is 0.307 e. The molecule has 1 heterocycles. The molecule has 0 saturated carbocycles. The third-order valence-corrected chi connectivity index (χ3v) is 3.02. The Morgan fingerprint density at radius 2 is 2.11 bits per heavy atom. The molecule has 6 heteroatoms. The van der Waals surface area contributed by atoms with E-state index in [1.54, 1.807) is 11.4 Å². The number of thiophene rings is 1. The van der Waals surface area contributed by atoms with E-state index in [9.17, 15) is 14.4 Å². The number of ether oxygens (including phenoxy) is 1. The van der Waals surface area contributed by atoms with E-state index in [4.69, 9.17) is 4.74 Å². The minimum absolute atomic E-state index is 0.0825. The summed E-state index contributed by atoms with van der Waals surface area (Å²) in [7, 11) is 0. The SMILES string of the molecule is CC(=O)CCCOC(=O)CCNC(=O)c1ccsc1. The third-order valence-electron chi connectivity index (χ3n) is 2.33. The number of rotatable bonds is 8. The Morgan fingerprint density at radius 1 is 1.32 bits per heavy atom. The van der Waals surface area contributed by atoms with E-state index >= 15 is 0 Å². The van der Waals surface area contributed by atoms with Gasteiger partial charge in [-0.05, 0) is 24.8 Å². The normalized spacial score (nSPS) is 9.95. The monoisotopic (exact) mass is 283 g/mol. The second-order valence-electron chi connectivity index (χ2n) is 4.04. The van der Waals surface area contributed by atoms with E-state index in [2.05, 4.69) is 5.32 Å². The molecule has 0 radical (unpaired) electrons. The lowest BCUT2D eigenvalue weighted by Gasteiger charge is -2.05. The van der Waals surface area contributed by atoms with Crippen LogP contribution in [0, 0.1) is 0 Å². The van der Waals surface area contributed by atoms with Gasteiger partial charge in [-0.15, -0.1) is 0 Å². The summed E-state index contributed by atoms with van der Waals surface area (Å²) in [5.74, 6) is -0.473. The first kappa shape index (κ1) is 15.4. The Bertz CT molecular complexity index is 428. The minimum atomic E-state index is -0.367. The quantitative estimate of drug-likeness (QED) is 0.583. The fourth-order valence-corrected chi connectivity index (χ4v) is 1.99. The Kier molecular flexibility index (Phi) is 6.81. The van der Waals surface area contributed by atoms with Gasteiger partial charge in [0.25, 0.3) is 5.91 Å². The molecule has 0 spiro atoms. The summed E-state index contributed by atoms with van der Waals surface area (Å²) in [6, 6.07) is 1.72. The number of esters is 1. The summed E-state index contributed by atoms with van der Waals surface area (Å²) in [6.07, 6.45) is 1.10. The molecular formula is C13H17NO4S. The fourth-order valence-electron chi connectivity index (χ4n) is 1.35. The lowest BCUT2D eigenvalue weighted by Crippen LogP contribution is -2.26. The topological polar surface area (TPSA) is 72.5 Å². The molecule has 1 aromatic rings. The van der Waals surface area contributed by atoms with E-state index in [0.29, 0.717) is 18.4 Å². The zero-order valence-electron chi connectivity index (χ0n) is 10.8. The smallest absolute Gasteiger partial charge is 0.307 e. The first-order valence-corrected chi connectivity index (χ1v) is 6.99. The molecular weight excluding hydrogens is 266 g/mol. The van der Waals surface area contributed by atoms with Crippen molar-refractivity contribution in [2.45, 2.75) is 26.2 Å². The van der Waals surface area contributed by atoms with Crippen molar-refractivity contribution in [2.24, 2.45) is 0 Å². The maximum absolute atomic E-state index is 11.5. The average Bonchev–Trinajstić information content (AvgIpc) is 2.88. The number of carbonyl (C=O) groups excluding carboxylic acids is 3. The molecule has 0 unspecified atom stereocenters. The molecule has 1 rings (SSSR count). The van der Waals surface area contributed by atoms with E-state index in [-0.39, 0.29) is 37.2 Å². The summed E-state index contributed by atoms with van der Waals surface area (Å²) in [5.41, 5.74) is 0.597. The molecule has 1 amide bonds. The Hall–Kier alpha value is -1.69. The Balaban J connectivity index is 2.07. The molecule has 0 saturated heterocycles. The minimum Gasteiger partial charge on any atom is -0.466 e. The molecule has 0 fully saturated rings. The van der Waals surface area contributed by atoms with Crippen LogP contribution in [0.5, 0.6) is 0 Å². The van der Waals surface area contributed by atoms with Crippen LogP contribution in [0.4, 0.5) is 0 Å². The summed E-state index contributed by atoms with van der Waals surface area (Å²) in [5, 5.41) is 6.20. The highest BCUT2D eigenvalue weighted by atomic mass is 32.1. The molecule has 104 valence electrons. The Morgan fingerprint density at radius 3 is 2.74 bits per heavy atom. The van der Waals surface area contributed by atoms with Crippen molar-refractivity contribution in [1.82, 2.24) is 5.32 Å². The fraction of sp³-hybridized carbons (Fsp3) is 0.462. The van der Waals surface area contributed by atoms with Crippen LogP contribution in [0.25, 0.3) is 0 Å². The summed E-state index contributed by atoms with van der Waals surface area (Å²) < 4.78 is 4.92. The zero-order valence-corrected chi connectivity index (χ0v) is 11.6. The first-order valence-electron chi connectivity index (χ1n) is 6.05. The van der Waals surface area contributed by atoms with Crippen LogP contribution < -0.4 is 5.32 Å². The van der Waals surface area contributed by atoms with E-state index < -0.39 is 0 Å². The average molecular weight is 283 g/mol. The van der Waals surface area contributed by atoms with Gasteiger partial charge in [-0.3, -0.25) is 9.59 Å². The van der Waals surface area contributed by atoms with Crippen molar-refractivity contribution in [3.8, 4) is 0 Å². The van der Waals surface area contributed by atoms with Gasteiger partial charge in [0.1, 0.15) is 5.78 Å². The number of Topliss-reactive ketones (excluding diaryl/α,β-unsaturated/α-hetero) is 1. The highest BCUT2D eigenvalue weighted by Gasteiger charge is 2.07. The number of carbonyl (C=O) groups is 3. The van der Waals surface area contributed by atoms with Crippen LogP contribution in [0.1, 0.15) is 36.5 Å². The van der Waals surface area contributed by atoms with Gasteiger partial charge in [0.05, 0.1) is 13.0 Å². The van der Waals surface area contributed by atoms with Crippen LogP contribution in [-0.4, -0.2) is 30.8 Å². The first-order chi connectivity index (χ1) is 9.09. The number of hydrogen-bond acceptors (Lipinski definition) is 5. The van der Waals surface area contributed by atoms with Gasteiger partial charge in [0.2, 0.25) is 0 Å². The highest BCUT2D eigenvalue weighted by Crippen LogP contribution is 2.05. The number of nitrogens with one attached hydrogen (secondary N) is 1. The number of amides is 1. The summed E-state index contributed by atoms with van der Waals surface area (Å²) >= 11 is 1.44. The Labute approximate surface area is 116 Å². The van der Waals surface area contributed by atoms with Gasteiger partial charge >= 0.3 is 5.97 Å². The molecule has 0 aliphatic carbocycles. The van der Waals surface area contributed by atoms with Gasteiger partial charge in [-0.2, -0.15) is 11.3 Å². The summed E-state index contributed by atoms with van der Waals surface area (Å²) in [4.78, 5) is 33.5. The van der Waals surface area contributed by atoms with Gasteiger partial charge in [-0.1, -0.05) is 0 Å². The molecule has 0 aromatic carbocycles. The van der Waals surface area contributed by atoms with Gasteiger partial charge < -0.3 is 14.8 Å². The molecule has 0 atom stereocenters. The second kappa shape index (κ2) is 8.42. The van der Waals surface area contributed by atoms with Crippen molar-refractivity contribution < 1.29 is 19.1 Å². The van der Waals surface area contributed by atoms with Crippen LogP contribution in [0.15, 0.2) is 16.8 Å². The van der Waals surface area contributed by atoms with Crippen molar-refractivity contribution in [3.05, 3.63) is 22.4 Å². The van der Waals surface area contributed by atoms with Crippen LogP contribution >= 0.6 is 11.3 Å². The van der Waals surface area contributed by atoms with Crippen molar-refractivity contribution >= 4 is 29.0 Å². The zero-order chi connectivity index (χ0) is 14.1. The second-order valence-corrected chi connectivity index (χ2v) is 4.82. The lowest BCUT2D eigenvalue weighted by atomic mass is 10.2. The maximum atomic E-state index is 11.5. The van der Waals surface area contributed by atoms with Crippen LogP contribution in [-0.2, 0) is 14.3 Å². The number of hydrogen-bond donors (Lipinski definition) is 1. The van der Waals surface area contributed by atoms with Crippen LogP contribution in [0.3, 0.4) is 0 Å². The van der Waals surface area contributed by atoms with E-state index in [1.807, 2.05) is 5.38 Å². The van der Waals surface area contributed by atoms with Crippen molar-refractivity contribution in [2.75, 3.05) is 13.2 Å². The van der Waals surface area contributed by atoms with Crippen LogP contribution in [0.2, 0.25) is 0 Å². The third kappa shape index (κ3) is 6.71. The predicted octanol–water partition coefficient (Wildman–Crippen LogP) is 1.78. The molecule has 1 N–H and O–H groups in total. The van der Waals surface area contributed by atoms with Crippen molar-refractivity contribution in [1.29, 1.82) is 0 Å². The number of ketones is 1. The molecule has 0 aliphatic heterocycles. The summed E-state index contributed by atoms with van der Waals surface area (Å²) in [6.45, 7) is 2.00. The van der Waals surface area contributed by atoms with Gasteiger partial charge in [-0.25, -0.2) is 0 Å². The molecule has 0 aliphatic rings. The largest absolute Gasteiger partial charge is 0.466 e. The van der Waals surface area contributed by atoms with Gasteiger partial charge in [0, 0.05) is 23.9 Å². The molecule has 5 nitrogen and oxygen atoms in total. The molecule has 0 bridgehead atoms. The molecule has 1 aromatic heterocycles. The highest BCUT2D eigenvalue weighted by molar-refractivity contribution is 7.08. The molecule has 19 heavy (non-hydrogen) atoms. The predicted molar refractivity (Wildman–Crippen MR) is 72.1 cm³/mol. The van der Waals surface area contributed by atoms with Crippen molar-refractivity contribution in [3.63, 3.8) is 0 Å². The van der Waals surface area contributed by atoms with Gasteiger partial charge in [0.15, 0.2) is 0 Å².